The minimum absolute atomic E-state index is 0.0488. The normalized spacial score (nSPS) is 12.1. The van der Waals surface area contributed by atoms with Crippen LogP contribution in [0, 0.1) is 0 Å². The summed E-state index contributed by atoms with van der Waals surface area (Å²) < 4.78 is 53.7. The number of nitrogens with one attached hydrogen (secondary N) is 1. The number of carboxylic acids is 1. The first-order valence-electron chi connectivity index (χ1n) is 6.26. The third-order valence-corrected chi connectivity index (χ3v) is 2.69. The molecule has 0 aliphatic heterocycles. The van der Waals surface area contributed by atoms with Gasteiger partial charge in [0.2, 0.25) is 5.88 Å². The number of carboxylic acid groups (broad SMARTS) is 1. The SMILES string of the molecule is CC(C)(NC(=O)c1ccc(OCC(F)(F)C(F)F)nc1)C(=O)O. The molecule has 0 fully saturated rings. The summed E-state index contributed by atoms with van der Waals surface area (Å²) in [6.45, 7) is 0.977. The number of pyridine rings is 1. The van der Waals surface area contributed by atoms with Crippen LogP contribution in [0.15, 0.2) is 18.3 Å². The van der Waals surface area contributed by atoms with E-state index in [0.717, 1.165) is 18.3 Å². The van der Waals surface area contributed by atoms with Crippen molar-refractivity contribution in [3.8, 4) is 5.88 Å². The molecule has 0 radical (unpaired) electrons. The monoisotopic (exact) mass is 338 g/mol. The molecule has 1 amide bonds. The predicted molar refractivity (Wildman–Crippen MR) is 69.9 cm³/mol. The van der Waals surface area contributed by atoms with E-state index in [1.54, 1.807) is 0 Å². The summed E-state index contributed by atoms with van der Waals surface area (Å²) in [5.41, 5.74) is -1.57. The van der Waals surface area contributed by atoms with Gasteiger partial charge in [-0.2, -0.15) is 8.78 Å². The van der Waals surface area contributed by atoms with E-state index in [9.17, 15) is 27.2 Å². The molecular weight excluding hydrogens is 324 g/mol. The van der Waals surface area contributed by atoms with Crippen molar-refractivity contribution in [2.75, 3.05) is 6.61 Å². The second kappa shape index (κ2) is 6.80. The van der Waals surface area contributed by atoms with Crippen LogP contribution in [0.25, 0.3) is 0 Å². The van der Waals surface area contributed by atoms with Crippen LogP contribution >= 0.6 is 0 Å². The molecule has 1 heterocycles. The molecule has 1 aromatic heterocycles. The number of hydrogen-bond donors (Lipinski definition) is 2. The second-order valence-electron chi connectivity index (χ2n) is 5.12. The fourth-order valence-electron chi connectivity index (χ4n) is 1.24. The number of ether oxygens (including phenoxy) is 1. The van der Waals surface area contributed by atoms with Gasteiger partial charge in [0.1, 0.15) is 5.54 Å². The number of amides is 1. The summed E-state index contributed by atoms with van der Waals surface area (Å²) >= 11 is 0. The Labute approximate surface area is 128 Å². The van der Waals surface area contributed by atoms with Gasteiger partial charge in [-0.25, -0.2) is 18.6 Å². The smallest absolute Gasteiger partial charge is 0.340 e. The third kappa shape index (κ3) is 5.08. The Bertz CT molecular complexity index is 576. The maximum Gasteiger partial charge on any atom is 0.340 e. The highest BCUT2D eigenvalue weighted by molar-refractivity contribution is 5.97. The van der Waals surface area contributed by atoms with Crippen molar-refractivity contribution in [2.45, 2.75) is 31.7 Å². The number of rotatable bonds is 7. The first-order chi connectivity index (χ1) is 10.5. The van der Waals surface area contributed by atoms with E-state index in [1.165, 1.54) is 13.8 Å². The van der Waals surface area contributed by atoms with E-state index in [4.69, 9.17) is 5.11 Å². The molecular formula is C13H14F4N2O4. The Kier molecular flexibility index (Phi) is 5.51. The maximum atomic E-state index is 12.7. The molecule has 10 heteroatoms. The number of nitrogens with zero attached hydrogens (tertiary/aromatic N) is 1. The predicted octanol–water partition coefficient (Wildman–Crippen LogP) is 1.95. The van der Waals surface area contributed by atoms with Gasteiger partial charge < -0.3 is 15.2 Å². The molecule has 0 aliphatic carbocycles. The van der Waals surface area contributed by atoms with Crippen LogP contribution in [0.3, 0.4) is 0 Å². The third-order valence-electron chi connectivity index (χ3n) is 2.69. The van der Waals surface area contributed by atoms with Gasteiger partial charge in [0.05, 0.1) is 5.56 Å². The lowest BCUT2D eigenvalue weighted by atomic mass is 10.1. The largest absolute Gasteiger partial charge is 0.480 e. The molecule has 0 atom stereocenters. The number of carbonyl (C=O) groups is 2. The molecule has 0 saturated carbocycles. The summed E-state index contributed by atoms with van der Waals surface area (Å²) in [4.78, 5) is 26.2. The highest BCUT2D eigenvalue weighted by atomic mass is 19.3. The quantitative estimate of drug-likeness (QED) is 0.742. The standard InChI is InChI=1S/C13H14F4N2O4/c1-12(2,11(21)22)19-9(20)7-3-4-8(18-5-7)23-6-13(16,17)10(14)15/h3-5,10H,6H2,1-2H3,(H,19,20)(H,21,22). The Balaban J connectivity index is 2.70. The van der Waals surface area contributed by atoms with Crippen molar-refractivity contribution >= 4 is 11.9 Å². The molecule has 0 spiro atoms. The van der Waals surface area contributed by atoms with Crippen LogP contribution in [-0.2, 0) is 4.79 Å². The molecule has 0 aliphatic rings. The first kappa shape index (κ1) is 18.7. The number of aromatic nitrogens is 1. The van der Waals surface area contributed by atoms with Crippen LogP contribution in [0.1, 0.15) is 24.2 Å². The summed E-state index contributed by atoms with van der Waals surface area (Å²) in [5.74, 6) is -6.70. The van der Waals surface area contributed by atoms with E-state index in [-0.39, 0.29) is 11.4 Å². The Morgan fingerprint density at radius 3 is 2.39 bits per heavy atom. The number of carbonyl (C=O) groups excluding carboxylic acids is 1. The average molecular weight is 338 g/mol. The molecule has 1 rings (SSSR count). The molecule has 0 aromatic carbocycles. The molecule has 23 heavy (non-hydrogen) atoms. The zero-order valence-corrected chi connectivity index (χ0v) is 12.1. The van der Waals surface area contributed by atoms with Crippen molar-refractivity contribution in [1.29, 1.82) is 0 Å². The van der Waals surface area contributed by atoms with Gasteiger partial charge in [-0.05, 0) is 19.9 Å². The molecule has 0 unspecified atom stereocenters. The molecule has 0 bridgehead atoms. The van der Waals surface area contributed by atoms with Crippen molar-refractivity contribution < 1.29 is 37.0 Å². The lowest BCUT2D eigenvalue weighted by Gasteiger charge is -2.20. The van der Waals surface area contributed by atoms with Gasteiger partial charge in [0.25, 0.3) is 5.91 Å². The molecule has 128 valence electrons. The van der Waals surface area contributed by atoms with Gasteiger partial charge >= 0.3 is 18.3 Å². The fourth-order valence-corrected chi connectivity index (χ4v) is 1.24. The van der Waals surface area contributed by atoms with Gasteiger partial charge in [0.15, 0.2) is 6.61 Å². The lowest BCUT2D eigenvalue weighted by molar-refractivity contribution is -0.148. The Morgan fingerprint density at radius 2 is 1.96 bits per heavy atom. The maximum absolute atomic E-state index is 12.7. The van der Waals surface area contributed by atoms with Gasteiger partial charge in [0, 0.05) is 12.3 Å². The van der Waals surface area contributed by atoms with Gasteiger partial charge in [-0.15, -0.1) is 0 Å². The van der Waals surface area contributed by atoms with E-state index in [1.807, 2.05) is 0 Å². The van der Waals surface area contributed by atoms with Crippen LogP contribution in [-0.4, -0.2) is 46.5 Å². The van der Waals surface area contributed by atoms with E-state index in [2.05, 4.69) is 15.0 Å². The van der Waals surface area contributed by atoms with Crippen molar-refractivity contribution in [1.82, 2.24) is 10.3 Å². The minimum atomic E-state index is -4.32. The summed E-state index contributed by atoms with van der Waals surface area (Å²) in [7, 11) is 0. The topological polar surface area (TPSA) is 88.5 Å². The van der Waals surface area contributed by atoms with Crippen molar-refractivity contribution in [3.63, 3.8) is 0 Å². The highest BCUT2D eigenvalue weighted by Crippen LogP contribution is 2.23. The van der Waals surface area contributed by atoms with Crippen molar-refractivity contribution in [3.05, 3.63) is 23.9 Å². The Morgan fingerprint density at radius 1 is 1.35 bits per heavy atom. The van der Waals surface area contributed by atoms with Crippen LogP contribution < -0.4 is 10.1 Å². The van der Waals surface area contributed by atoms with E-state index in [0.29, 0.717) is 0 Å². The molecule has 0 saturated heterocycles. The first-order valence-corrected chi connectivity index (χ1v) is 6.26. The van der Waals surface area contributed by atoms with Crippen LogP contribution in [0.5, 0.6) is 5.88 Å². The van der Waals surface area contributed by atoms with E-state index < -0.39 is 36.4 Å². The number of alkyl halides is 4. The zero-order valence-electron chi connectivity index (χ0n) is 12.1. The highest BCUT2D eigenvalue weighted by Gasteiger charge is 2.41. The molecule has 6 nitrogen and oxygen atoms in total. The lowest BCUT2D eigenvalue weighted by Crippen LogP contribution is -2.49. The number of aliphatic carboxylic acids is 1. The van der Waals surface area contributed by atoms with Crippen LogP contribution in [0.2, 0.25) is 0 Å². The number of hydrogen-bond acceptors (Lipinski definition) is 4. The van der Waals surface area contributed by atoms with Gasteiger partial charge in [-0.3, -0.25) is 4.79 Å². The van der Waals surface area contributed by atoms with Crippen LogP contribution in [0.4, 0.5) is 17.6 Å². The second-order valence-corrected chi connectivity index (χ2v) is 5.12. The molecule has 2 N–H and O–H groups in total. The van der Waals surface area contributed by atoms with Crippen molar-refractivity contribution in [2.24, 2.45) is 0 Å². The molecule has 1 aromatic rings. The Hall–Kier alpha value is -2.39. The summed E-state index contributed by atoms with van der Waals surface area (Å²) in [6, 6.07) is 2.17. The minimum Gasteiger partial charge on any atom is -0.480 e. The van der Waals surface area contributed by atoms with E-state index >= 15 is 0 Å². The van der Waals surface area contributed by atoms with Gasteiger partial charge in [-0.1, -0.05) is 0 Å². The average Bonchev–Trinajstić information content (AvgIpc) is 2.45. The zero-order chi connectivity index (χ0) is 17.8. The summed E-state index contributed by atoms with van der Waals surface area (Å²) in [5, 5.41) is 11.1. The summed E-state index contributed by atoms with van der Waals surface area (Å²) in [6.07, 6.45) is -2.92. The fraction of sp³-hybridized carbons (Fsp3) is 0.462. The number of halogens is 4.